The summed E-state index contributed by atoms with van der Waals surface area (Å²) in [4.78, 5) is 18.4. The Kier molecular flexibility index (Phi) is 4.41. The predicted molar refractivity (Wildman–Crippen MR) is 83.3 cm³/mol. The molecule has 1 aromatic heterocycles. The molecule has 1 amide bonds. The molecule has 2 rings (SSSR count). The van der Waals surface area contributed by atoms with Crippen LogP contribution < -0.4 is 0 Å². The van der Waals surface area contributed by atoms with Crippen molar-refractivity contribution in [3.8, 4) is 6.07 Å². The molecular weight excluding hydrogens is 278 g/mol. The Hall–Kier alpha value is -2.09. The standard InChI is InChI=1S/C17H23N3O2/c1-13-7-5-8-14(19-13)17(11-18)9-6-10-20(12-17)15(21)22-16(2,3)4/h5,7-8H,6,9-10,12H2,1-4H3. The molecule has 1 aliphatic rings. The van der Waals surface area contributed by atoms with Crippen molar-refractivity contribution in [3.63, 3.8) is 0 Å². The molecule has 0 aliphatic carbocycles. The van der Waals surface area contributed by atoms with Gasteiger partial charge in [0.15, 0.2) is 0 Å². The zero-order valence-electron chi connectivity index (χ0n) is 13.7. The summed E-state index contributed by atoms with van der Waals surface area (Å²) in [7, 11) is 0. The number of likely N-dealkylation sites (tertiary alicyclic amines) is 1. The van der Waals surface area contributed by atoms with Gasteiger partial charge >= 0.3 is 6.09 Å². The third-order valence-electron chi connectivity index (χ3n) is 3.74. The van der Waals surface area contributed by atoms with E-state index in [9.17, 15) is 10.1 Å². The van der Waals surface area contributed by atoms with Crippen LogP contribution in [0.25, 0.3) is 0 Å². The van der Waals surface area contributed by atoms with E-state index in [2.05, 4.69) is 11.1 Å². The second-order valence-electron chi connectivity index (χ2n) is 6.86. The smallest absolute Gasteiger partial charge is 0.410 e. The van der Waals surface area contributed by atoms with E-state index in [0.717, 1.165) is 17.8 Å². The summed E-state index contributed by atoms with van der Waals surface area (Å²) < 4.78 is 5.43. The van der Waals surface area contributed by atoms with Gasteiger partial charge in [-0.15, -0.1) is 0 Å². The SMILES string of the molecule is Cc1cccc(C2(C#N)CCCN(C(=O)OC(C)(C)C)C2)n1. The minimum Gasteiger partial charge on any atom is -0.444 e. The highest BCUT2D eigenvalue weighted by atomic mass is 16.6. The van der Waals surface area contributed by atoms with Crippen LogP contribution in [0.5, 0.6) is 0 Å². The fourth-order valence-electron chi connectivity index (χ4n) is 2.71. The van der Waals surface area contributed by atoms with E-state index in [1.807, 2.05) is 45.9 Å². The second-order valence-corrected chi connectivity index (χ2v) is 6.86. The first-order chi connectivity index (χ1) is 10.3. The van der Waals surface area contributed by atoms with Gasteiger partial charge in [-0.2, -0.15) is 5.26 Å². The lowest BCUT2D eigenvalue weighted by molar-refractivity contribution is 0.0166. The number of piperidine rings is 1. The molecule has 0 spiro atoms. The molecule has 5 heteroatoms. The minimum absolute atomic E-state index is 0.328. The molecule has 1 unspecified atom stereocenters. The lowest BCUT2D eigenvalue weighted by Gasteiger charge is -2.38. The highest BCUT2D eigenvalue weighted by molar-refractivity contribution is 5.68. The van der Waals surface area contributed by atoms with Crippen LogP contribution in [0.3, 0.4) is 0 Å². The Balaban J connectivity index is 2.24. The topological polar surface area (TPSA) is 66.2 Å². The first kappa shape index (κ1) is 16.3. The molecule has 5 nitrogen and oxygen atoms in total. The Morgan fingerprint density at radius 2 is 2.18 bits per heavy atom. The second kappa shape index (κ2) is 5.96. The number of hydrogen-bond donors (Lipinski definition) is 0. The van der Waals surface area contributed by atoms with Gasteiger partial charge in [-0.25, -0.2) is 4.79 Å². The van der Waals surface area contributed by atoms with Crippen LogP contribution in [0, 0.1) is 18.3 Å². The van der Waals surface area contributed by atoms with Gasteiger partial charge in [0.25, 0.3) is 0 Å². The Labute approximate surface area is 131 Å². The number of aryl methyl sites for hydroxylation is 1. The molecule has 2 heterocycles. The minimum atomic E-state index is -0.749. The molecular formula is C17H23N3O2. The van der Waals surface area contributed by atoms with Crippen molar-refractivity contribution in [3.05, 3.63) is 29.6 Å². The van der Waals surface area contributed by atoms with Gasteiger partial charge in [0.1, 0.15) is 11.0 Å². The predicted octanol–water partition coefficient (Wildman–Crippen LogP) is 3.18. The number of nitrogens with zero attached hydrogens (tertiary/aromatic N) is 3. The quantitative estimate of drug-likeness (QED) is 0.799. The zero-order chi connectivity index (χ0) is 16.4. The van der Waals surface area contributed by atoms with Gasteiger partial charge in [-0.3, -0.25) is 4.98 Å². The van der Waals surface area contributed by atoms with E-state index < -0.39 is 11.0 Å². The van der Waals surface area contributed by atoms with Gasteiger partial charge < -0.3 is 9.64 Å². The Morgan fingerprint density at radius 3 is 2.77 bits per heavy atom. The number of ether oxygens (including phenoxy) is 1. The Bertz CT molecular complexity index is 601. The van der Waals surface area contributed by atoms with Crippen molar-refractivity contribution in [1.29, 1.82) is 5.26 Å². The molecule has 1 atom stereocenters. The van der Waals surface area contributed by atoms with Gasteiger partial charge in [-0.1, -0.05) is 6.07 Å². The normalized spacial score (nSPS) is 22.0. The zero-order valence-corrected chi connectivity index (χ0v) is 13.7. The number of carbonyl (C=O) groups excluding carboxylic acids is 1. The monoisotopic (exact) mass is 301 g/mol. The summed E-state index contributed by atoms with van der Waals surface area (Å²) in [6, 6.07) is 8.08. The first-order valence-corrected chi connectivity index (χ1v) is 7.59. The average Bonchev–Trinajstić information content (AvgIpc) is 2.45. The molecule has 0 radical (unpaired) electrons. The van der Waals surface area contributed by atoms with Gasteiger partial charge in [0.2, 0.25) is 0 Å². The maximum absolute atomic E-state index is 12.3. The van der Waals surface area contributed by atoms with E-state index in [-0.39, 0.29) is 6.09 Å². The third kappa shape index (κ3) is 3.56. The van der Waals surface area contributed by atoms with Crippen LogP contribution in [0.4, 0.5) is 4.79 Å². The summed E-state index contributed by atoms with van der Waals surface area (Å²) in [5, 5.41) is 9.75. The lowest BCUT2D eigenvalue weighted by Crippen LogP contribution is -2.49. The molecule has 1 aromatic rings. The molecule has 0 bridgehead atoms. The maximum atomic E-state index is 12.3. The van der Waals surface area contributed by atoms with E-state index >= 15 is 0 Å². The van der Waals surface area contributed by atoms with Crippen LogP contribution in [0.15, 0.2) is 18.2 Å². The van der Waals surface area contributed by atoms with Crippen molar-refractivity contribution in [2.75, 3.05) is 13.1 Å². The molecule has 0 N–H and O–H groups in total. The number of carbonyl (C=O) groups is 1. The molecule has 1 fully saturated rings. The van der Waals surface area contributed by atoms with Crippen molar-refractivity contribution < 1.29 is 9.53 Å². The first-order valence-electron chi connectivity index (χ1n) is 7.59. The van der Waals surface area contributed by atoms with Crippen LogP contribution in [-0.4, -0.2) is 34.7 Å². The number of hydrogen-bond acceptors (Lipinski definition) is 4. The van der Waals surface area contributed by atoms with Crippen molar-refractivity contribution in [2.45, 2.75) is 51.6 Å². The van der Waals surface area contributed by atoms with Crippen LogP contribution >= 0.6 is 0 Å². The maximum Gasteiger partial charge on any atom is 0.410 e. The summed E-state index contributed by atoms with van der Waals surface area (Å²) in [5.41, 5.74) is 0.330. The van der Waals surface area contributed by atoms with E-state index in [0.29, 0.717) is 19.5 Å². The van der Waals surface area contributed by atoms with E-state index in [1.165, 1.54) is 0 Å². The average molecular weight is 301 g/mol. The number of pyridine rings is 1. The summed E-state index contributed by atoms with van der Waals surface area (Å²) in [6.07, 6.45) is 1.11. The number of amides is 1. The van der Waals surface area contributed by atoms with Crippen molar-refractivity contribution >= 4 is 6.09 Å². The fourth-order valence-corrected chi connectivity index (χ4v) is 2.71. The number of rotatable bonds is 1. The highest BCUT2D eigenvalue weighted by Crippen LogP contribution is 2.33. The summed E-state index contributed by atoms with van der Waals surface area (Å²) in [5.74, 6) is 0. The molecule has 118 valence electrons. The van der Waals surface area contributed by atoms with Crippen molar-refractivity contribution in [2.24, 2.45) is 0 Å². The molecule has 0 saturated carbocycles. The number of nitriles is 1. The molecule has 1 aliphatic heterocycles. The largest absolute Gasteiger partial charge is 0.444 e. The molecule has 22 heavy (non-hydrogen) atoms. The Morgan fingerprint density at radius 1 is 1.45 bits per heavy atom. The number of aromatic nitrogens is 1. The highest BCUT2D eigenvalue weighted by Gasteiger charge is 2.41. The van der Waals surface area contributed by atoms with E-state index in [4.69, 9.17) is 4.74 Å². The van der Waals surface area contributed by atoms with Crippen LogP contribution in [-0.2, 0) is 10.2 Å². The molecule has 1 saturated heterocycles. The van der Waals surface area contributed by atoms with Gasteiger partial charge in [0, 0.05) is 18.8 Å². The van der Waals surface area contributed by atoms with Crippen molar-refractivity contribution in [1.82, 2.24) is 9.88 Å². The van der Waals surface area contributed by atoms with Crippen LogP contribution in [0.1, 0.15) is 45.0 Å². The van der Waals surface area contributed by atoms with E-state index in [1.54, 1.807) is 4.90 Å². The lowest BCUT2D eigenvalue weighted by atomic mass is 9.78. The fraction of sp³-hybridized carbons (Fsp3) is 0.588. The third-order valence-corrected chi connectivity index (χ3v) is 3.74. The summed E-state index contributed by atoms with van der Waals surface area (Å²) >= 11 is 0. The summed E-state index contributed by atoms with van der Waals surface area (Å²) in [6.45, 7) is 8.37. The molecule has 0 aromatic carbocycles. The van der Waals surface area contributed by atoms with Gasteiger partial charge in [0.05, 0.1) is 11.8 Å². The van der Waals surface area contributed by atoms with Gasteiger partial charge in [-0.05, 0) is 52.7 Å². The van der Waals surface area contributed by atoms with Crippen LogP contribution in [0.2, 0.25) is 0 Å².